The summed E-state index contributed by atoms with van der Waals surface area (Å²) in [5, 5.41) is 2.29. The number of nitrogens with one attached hydrogen (secondary N) is 2. The molecular weight excluding hydrogens is 360 g/mol. The van der Waals surface area contributed by atoms with Crippen LogP contribution in [0.2, 0.25) is 0 Å². The third kappa shape index (κ3) is 3.85. The van der Waals surface area contributed by atoms with Crippen molar-refractivity contribution in [3.05, 3.63) is 35.5 Å². The molecule has 1 aromatic carbocycles. The van der Waals surface area contributed by atoms with E-state index in [9.17, 15) is 13.2 Å². The number of anilines is 1. The van der Waals surface area contributed by atoms with Gasteiger partial charge in [0, 0.05) is 11.8 Å². The van der Waals surface area contributed by atoms with E-state index in [1.165, 1.54) is 13.2 Å². The summed E-state index contributed by atoms with van der Waals surface area (Å²) in [5.41, 5.74) is 1.35. The van der Waals surface area contributed by atoms with Crippen LogP contribution < -0.4 is 19.5 Å². The first-order valence-electron chi connectivity index (χ1n) is 7.87. The molecule has 0 bridgehead atoms. The fraction of sp³-hybridized carbons (Fsp3) is 0.312. The van der Waals surface area contributed by atoms with Gasteiger partial charge < -0.3 is 9.47 Å². The second-order valence-electron chi connectivity index (χ2n) is 5.63. The number of benzene rings is 1. The molecule has 0 fully saturated rings. The van der Waals surface area contributed by atoms with Gasteiger partial charge in [0.2, 0.25) is 11.8 Å². The molecule has 2 aromatic rings. The molecule has 0 atom stereocenters. The van der Waals surface area contributed by atoms with Crippen LogP contribution in [0.3, 0.4) is 0 Å². The molecule has 2 amide bonds. The Morgan fingerprint density at radius 2 is 2.12 bits per heavy atom. The molecule has 0 saturated carbocycles. The molecule has 3 rings (SSSR count). The standard InChI is InChI=1S/C16H18N4O5S/c1-10-9-13(24-2)18-15(17-10)19-16(21)20-26(22,23)12-7-3-5-11-6-4-8-25-14(11)12/h3,5,7,9H,4,6,8H2,1-2H3,(H2,17,18,19,20,21). The SMILES string of the molecule is COc1cc(C)nc(NC(=O)NS(=O)(=O)c2cccc3c2OCCC3)n1. The Balaban J connectivity index is 1.80. The van der Waals surface area contributed by atoms with Crippen molar-refractivity contribution in [1.29, 1.82) is 0 Å². The summed E-state index contributed by atoms with van der Waals surface area (Å²) < 4.78 is 37.6. The van der Waals surface area contributed by atoms with Crippen molar-refractivity contribution in [3.63, 3.8) is 0 Å². The minimum absolute atomic E-state index is 0.0686. The van der Waals surface area contributed by atoms with Crippen LogP contribution in [0.1, 0.15) is 17.7 Å². The molecule has 0 unspecified atom stereocenters. The van der Waals surface area contributed by atoms with Gasteiger partial charge in [0.1, 0.15) is 10.6 Å². The lowest BCUT2D eigenvalue weighted by molar-refractivity contribution is 0.256. The summed E-state index contributed by atoms with van der Waals surface area (Å²) in [4.78, 5) is 20.0. The molecule has 26 heavy (non-hydrogen) atoms. The number of carbonyl (C=O) groups excluding carboxylic acids is 1. The normalized spacial score (nSPS) is 13.3. The monoisotopic (exact) mass is 378 g/mol. The second kappa shape index (κ2) is 7.16. The van der Waals surface area contributed by atoms with Crippen LogP contribution >= 0.6 is 0 Å². The number of rotatable bonds is 4. The van der Waals surface area contributed by atoms with Crippen molar-refractivity contribution in [3.8, 4) is 11.6 Å². The van der Waals surface area contributed by atoms with Crippen LogP contribution in [-0.2, 0) is 16.4 Å². The number of hydrogen-bond acceptors (Lipinski definition) is 7. The number of carbonyl (C=O) groups is 1. The van der Waals surface area contributed by atoms with E-state index in [1.807, 2.05) is 4.72 Å². The van der Waals surface area contributed by atoms with Crippen molar-refractivity contribution in [2.45, 2.75) is 24.7 Å². The number of ether oxygens (including phenoxy) is 2. The fourth-order valence-electron chi connectivity index (χ4n) is 2.57. The quantitative estimate of drug-likeness (QED) is 0.830. The van der Waals surface area contributed by atoms with Gasteiger partial charge in [-0.2, -0.15) is 4.98 Å². The molecule has 0 spiro atoms. The fourth-order valence-corrected chi connectivity index (χ4v) is 3.67. The molecule has 2 heterocycles. The van der Waals surface area contributed by atoms with Crippen LogP contribution in [0.25, 0.3) is 0 Å². The van der Waals surface area contributed by atoms with E-state index in [-0.39, 0.29) is 22.5 Å². The van der Waals surface area contributed by atoms with E-state index < -0.39 is 16.1 Å². The van der Waals surface area contributed by atoms with Crippen molar-refractivity contribution in [2.75, 3.05) is 19.0 Å². The maximum Gasteiger partial charge on any atom is 0.335 e. The molecule has 1 aliphatic heterocycles. The van der Waals surface area contributed by atoms with Gasteiger partial charge in [0.05, 0.1) is 13.7 Å². The maximum absolute atomic E-state index is 12.6. The molecule has 9 nitrogen and oxygen atoms in total. The zero-order valence-electron chi connectivity index (χ0n) is 14.3. The van der Waals surface area contributed by atoms with Crippen LogP contribution in [0.5, 0.6) is 11.6 Å². The predicted molar refractivity (Wildman–Crippen MR) is 92.9 cm³/mol. The van der Waals surface area contributed by atoms with E-state index >= 15 is 0 Å². The van der Waals surface area contributed by atoms with Gasteiger partial charge >= 0.3 is 6.03 Å². The van der Waals surface area contributed by atoms with Crippen molar-refractivity contribution in [1.82, 2.24) is 14.7 Å². The molecular formula is C16H18N4O5S. The molecule has 0 radical (unpaired) electrons. The van der Waals surface area contributed by atoms with Crippen molar-refractivity contribution in [2.24, 2.45) is 0 Å². The van der Waals surface area contributed by atoms with Gasteiger partial charge in [0.25, 0.3) is 10.0 Å². The summed E-state index contributed by atoms with van der Waals surface area (Å²) in [6.45, 7) is 2.13. The molecule has 0 aliphatic carbocycles. The third-order valence-corrected chi connectivity index (χ3v) is 5.03. The molecule has 138 valence electrons. The number of aromatic nitrogens is 2. The highest BCUT2D eigenvalue weighted by molar-refractivity contribution is 7.90. The van der Waals surface area contributed by atoms with E-state index in [1.54, 1.807) is 25.1 Å². The van der Waals surface area contributed by atoms with Gasteiger partial charge in [0.15, 0.2) is 0 Å². The van der Waals surface area contributed by atoms with Crippen molar-refractivity contribution < 1.29 is 22.7 Å². The third-order valence-electron chi connectivity index (χ3n) is 3.68. The number of urea groups is 1. The number of methoxy groups -OCH3 is 1. The summed E-state index contributed by atoms with van der Waals surface area (Å²) in [7, 11) is -2.70. The summed E-state index contributed by atoms with van der Waals surface area (Å²) in [5.74, 6) is 0.467. The zero-order chi connectivity index (χ0) is 18.7. The smallest absolute Gasteiger partial charge is 0.335 e. The van der Waals surface area contributed by atoms with Crippen LogP contribution in [0.4, 0.5) is 10.7 Å². The summed E-state index contributed by atoms with van der Waals surface area (Å²) >= 11 is 0. The number of para-hydroxylation sites is 1. The minimum Gasteiger partial charge on any atom is -0.492 e. The molecule has 2 N–H and O–H groups in total. The van der Waals surface area contributed by atoms with Gasteiger partial charge in [-0.25, -0.2) is 22.9 Å². The maximum atomic E-state index is 12.6. The predicted octanol–water partition coefficient (Wildman–Crippen LogP) is 1.63. The Morgan fingerprint density at radius 1 is 1.31 bits per heavy atom. The molecule has 0 saturated heterocycles. The molecule has 1 aromatic heterocycles. The van der Waals surface area contributed by atoms with Crippen molar-refractivity contribution >= 4 is 22.0 Å². The first-order chi connectivity index (χ1) is 12.4. The highest BCUT2D eigenvalue weighted by atomic mass is 32.2. The number of nitrogens with zero attached hydrogens (tertiary/aromatic N) is 2. The molecule has 10 heteroatoms. The van der Waals surface area contributed by atoms with Gasteiger partial charge in [-0.05, 0) is 31.4 Å². The van der Waals surface area contributed by atoms with Gasteiger partial charge in [-0.3, -0.25) is 5.32 Å². The van der Waals surface area contributed by atoms with E-state index in [4.69, 9.17) is 9.47 Å². The lowest BCUT2D eigenvalue weighted by atomic mass is 10.1. The second-order valence-corrected chi connectivity index (χ2v) is 7.28. The highest BCUT2D eigenvalue weighted by Gasteiger charge is 2.26. The number of fused-ring (bicyclic) bond motifs is 1. The first-order valence-corrected chi connectivity index (χ1v) is 9.35. The van der Waals surface area contributed by atoms with E-state index in [0.29, 0.717) is 12.3 Å². The van der Waals surface area contributed by atoms with E-state index in [0.717, 1.165) is 18.4 Å². The summed E-state index contributed by atoms with van der Waals surface area (Å²) in [6, 6.07) is 5.42. The average molecular weight is 378 g/mol. The summed E-state index contributed by atoms with van der Waals surface area (Å²) in [6.07, 6.45) is 1.54. The molecule has 1 aliphatic rings. The minimum atomic E-state index is -4.12. The largest absolute Gasteiger partial charge is 0.492 e. The van der Waals surface area contributed by atoms with Gasteiger partial charge in [-0.15, -0.1) is 0 Å². The Kier molecular flexibility index (Phi) is 4.94. The van der Waals surface area contributed by atoms with Crippen LogP contribution in [-0.4, -0.2) is 38.1 Å². The number of hydrogen-bond donors (Lipinski definition) is 2. The zero-order valence-corrected chi connectivity index (χ0v) is 15.1. The average Bonchev–Trinajstić information content (AvgIpc) is 2.60. The lowest BCUT2D eigenvalue weighted by Crippen LogP contribution is -2.35. The number of amides is 2. The van der Waals surface area contributed by atoms with E-state index in [2.05, 4.69) is 15.3 Å². The Hall–Kier alpha value is -2.88. The number of sulfonamides is 1. The van der Waals surface area contributed by atoms with Crippen LogP contribution in [0.15, 0.2) is 29.2 Å². The number of aryl methyl sites for hydroxylation is 2. The van der Waals surface area contributed by atoms with Gasteiger partial charge in [-0.1, -0.05) is 12.1 Å². The van der Waals surface area contributed by atoms with Crippen LogP contribution in [0, 0.1) is 6.92 Å². The lowest BCUT2D eigenvalue weighted by Gasteiger charge is -2.20. The topological polar surface area (TPSA) is 120 Å². The Morgan fingerprint density at radius 3 is 2.88 bits per heavy atom. The Bertz CT molecular complexity index is 946. The first kappa shape index (κ1) is 17.9. The highest BCUT2D eigenvalue weighted by Crippen LogP contribution is 2.31. The Labute approximate surface area is 150 Å².